The molecule has 2 aromatic carbocycles. The SMILES string of the molecule is CCCn1nc(C(=O)OCc2cccc(C(=O)OC)c2)c2ccccc2c1=O. The number of aromatic nitrogens is 2. The van der Waals surface area contributed by atoms with Crippen LogP contribution in [0.2, 0.25) is 0 Å². The molecule has 3 rings (SSSR count). The summed E-state index contributed by atoms with van der Waals surface area (Å²) in [5.74, 6) is -1.10. The molecule has 0 aliphatic heterocycles. The lowest BCUT2D eigenvalue weighted by atomic mass is 10.1. The molecule has 0 bridgehead atoms. The van der Waals surface area contributed by atoms with Crippen LogP contribution in [0.4, 0.5) is 0 Å². The molecule has 0 saturated carbocycles. The fraction of sp³-hybridized carbons (Fsp3) is 0.238. The van der Waals surface area contributed by atoms with Crippen molar-refractivity contribution in [3.8, 4) is 0 Å². The lowest BCUT2D eigenvalue weighted by Crippen LogP contribution is -2.26. The molecule has 0 amide bonds. The fourth-order valence-electron chi connectivity index (χ4n) is 2.87. The molecule has 28 heavy (non-hydrogen) atoms. The average Bonchev–Trinajstić information content (AvgIpc) is 2.73. The van der Waals surface area contributed by atoms with E-state index < -0.39 is 11.9 Å². The number of hydrogen-bond acceptors (Lipinski definition) is 6. The van der Waals surface area contributed by atoms with Crippen LogP contribution in [-0.2, 0) is 22.6 Å². The Balaban J connectivity index is 1.89. The van der Waals surface area contributed by atoms with Crippen LogP contribution in [0.5, 0.6) is 0 Å². The first-order valence-electron chi connectivity index (χ1n) is 8.89. The summed E-state index contributed by atoms with van der Waals surface area (Å²) < 4.78 is 11.4. The Morgan fingerprint density at radius 3 is 2.50 bits per heavy atom. The first-order valence-corrected chi connectivity index (χ1v) is 8.89. The van der Waals surface area contributed by atoms with Crippen molar-refractivity contribution in [3.05, 3.63) is 75.7 Å². The first-order chi connectivity index (χ1) is 13.5. The Morgan fingerprint density at radius 2 is 1.79 bits per heavy atom. The number of nitrogens with zero attached hydrogens (tertiary/aromatic N) is 2. The molecule has 0 spiro atoms. The summed E-state index contributed by atoms with van der Waals surface area (Å²) in [6.07, 6.45) is 0.708. The Hall–Kier alpha value is -3.48. The largest absolute Gasteiger partial charge is 0.465 e. The van der Waals surface area contributed by atoms with E-state index in [0.717, 1.165) is 0 Å². The third-order valence-corrected chi connectivity index (χ3v) is 4.21. The van der Waals surface area contributed by atoms with Gasteiger partial charge >= 0.3 is 11.9 Å². The van der Waals surface area contributed by atoms with Gasteiger partial charge in [-0.05, 0) is 30.2 Å². The quantitative estimate of drug-likeness (QED) is 0.611. The third kappa shape index (κ3) is 3.93. The van der Waals surface area contributed by atoms with Crippen LogP contribution >= 0.6 is 0 Å². The lowest BCUT2D eigenvalue weighted by molar-refractivity contribution is 0.0465. The second-order valence-corrected chi connectivity index (χ2v) is 6.19. The number of aryl methyl sites for hydroxylation is 1. The molecule has 0 aliphatic carbocycles. The van der Waals surface area contributed by atoms with E-state index in [0.29, 0.717) is 34.9 Å². The zero-order valence-electron chi connectivity index (χ0n) is 15.7. The topological polar surface area (TPSA) is 87.5 Å². The molecule has 0 unspecified atom stereocenters. The van der Waals surface area contributed by atoms with Crippen molar-refractivity contribution in [1.82, 2.24) is 9.78 Å². The number of rotatable bonds is 6. The monoisotopic (exact) mass is 380 g/mol. The van der Waals surface area contributed by atoms with Crippen molar-refractivity contribution in [2.45, 2.75) is 26.5 Å². The number of carbonyl (C=O) groups excluding carboxylic acids is 2. The zero-order chi connectivity index (χ0) is 20.1. The van der Waals surface area contributed by atoms with Gasteiger partial charge in [-0.1, -0.05) is 37.3 Å². The number of esters is 2. The summed E-state index contributed by atoms with van der Waals surface area (Å²) in [7, 11) is 1.30. The molecule has 0 N–H and O–H groups in total. The molecule has 7 heteroatoms. The number of ether oxygens (including phenoxy) is 2. The van der Waals surface area contributed by atoms with E-state index in [1.165, 1.54) is 11.8 Å². The van der Waals surface area contributed by atoms with Crippen LogP contribution in [0.1, 0.15) is 39.8 Å². The van der Waals surface area contributed by atoms with Crippen molar-refractivity contribution in [1.29, 1.82) is 0 Å². The van der Waals surface area contributed by atoms with Gasteiger partial charge in [0, 0.05) is 11.9 Å². The van der Waals surface area contributed by atoms with E-state index in [1.54, 1.807) is 48.5 Å². The van der Waals surface area contributed by atoms with Crippen LogP contribution in [0.15, 0.2) is 53.3 Å². The van der Waals surface area contributed by atoms with Crippen molar-refractivity contribution < 1.29 is 19.1 Å². The first kappa shape index (κ1) is 19.3. The van der Waals surface area contributed by atoms with Gasteiger partial charge in [-0.3, -0.25) is 4.79 Å². The molecule has 1 heterocycles. The second-order valence-electron chi connectivity index (χ2n) is 6.19. The Morgan fingerprint density at radius 1 is 1.04 bits per heavy atom. The standard InChI is InChI=1S/C21H20N2O5/c1-3-11-23-19(24)17-10-5-4-9-16(17)18(22-23)21(26)28-13-14-7-6-8-15(12-14)20(25)27-2/h4-10,12H,3,11,13H2,1-2H3. The molecule has 0 aliphatic rings. The third-order valence-electron chi connectivity index (χ3n) is 4.21. The van der Waals surface area contributed by atoms with E-state index in [2.05, 4.69) is 5.10 Å². The predicted octanol–water partition coefficient (Wildman–Crippen LogP) is 2.95. The number of benzene rings is 2. The molecular formula is C21H20N2O5. The number of fused-ring (bicyclic) bond motifs is 1. The molecule has 3 aromatic rings. The maximum absolute atomic E-state index is 12.7. The maximum atomic E-state index is 12.7. The molecule has 0 fully saturated rings. The number of carbonyl (C=O) groups is 2. The summed E-state index contributed by atoms with van der Waals surface area (Å²) in [4.78, 5) is 36.8. The Labute approximate surface area is 161 Å². The second kappa shape index (κ2) is 8.47. The van der Waals surface area contributed by atoms with Crippen LogP contribution in [-0.4, -0.2) is 28.8 Å². The van der Waals surface area contributed by atoms with Crippen molar-refractivity contribution in [3.63, 3.8) is 0 Å². The van der Waals surface area contributed by atoms with Gasteiger partial charge < -0.3 is 9.47 Å². The van der Waals surface area contributed by atoms with Crippen molar-refractivity contribution >= 4 is 22.7 Å². The fourth-order valence-corrected chi connectivity index (χ4v) is 2.87. The Bertz CT molecular complexity index is 1090. The highest BCUT2D eigenvalue weighted by atomic mass is 16.5. The van der Waals surface area contributed by atoms with Gasteiger partial charge in [0.1, 0.15) is 6.61 Å². The van der Waals surface area contributed by atoms with E-state index in [4.69, 9.17) is 9.47 Å². The summed E-state index contributed by atoms with van der Waals surface area (Å²) in [6.45, 7) is 2.30. The molecule has 0 atom stereocenters. The van der Waals surface area contributed by atoms with Gasteiger partial charge in [-0.15, -0.1) is 0 Å². The summed E-state index contributed by atoms with van der Waals surface area (Å²) >= 11 is 0. The smallest absolute Gasteiger partial charge is 0.359 e. The van der Waals surface area contributed by atoms with Crippen LogP contribution in [0.25, 0.3) is 10.8 Å². The van der Waals surface area contributed by atoms with Crippen molar-refractivity contribution in [2.75, 3.05) is 7.11 Å². The highest BCUT2D eigenvalue weighted by molar-refractivity contribution is 6.02. The normalized spacial score (nSPS) is 10.6. The molecular weight excluding hydrogens is 360 g/mol. The van der Waals surface area contributed by atoms with Gasteiger partial charge in [-0.2, -0.15) is 5.10 Å². The van der Waals surface area contributed by atoms with E-state index in [9.17, 15) is 14.4 Å². The summed E-state index contributed by atoms with van der Waals surface area (Å²) in [5.41, 5.74) is 0.867. The molecule has 0 saturated heterocycles. The van der Waals surface area contributed by atoms with E-state index in [1.807, 2.05) is 6.92 Å². The molecule has 1 aromatic heterocycles. The highest BCUT2D eigenvalue weighted by Gasteiger charge is 2.18. The summed E-state index contributed by atoms with van der Waals surface area (Å²) in [5, 5.41) is 5.09. The van der Waals surface area contributed by atoms with E-state index in [-0.39, 0.29) is 17.9 Å². The van der Waals surface area contributed by atoms with Gasteiger partial charge in [0.2, 0.25) is 0 Å². The van der Waals surface area contributed by atoms with Gasteiger partial charge in [0.25, 0.3) is 5.56 Å². The summed E-state index contributed by atoms with van der Waals surface area (Å²) in [6, 6.07) is 13.5. The molecule has 144 valence electrons. The number of methoxy groups -OCH3 is 1. The van der Waals surface area contributed by atoms with Crippen LogP contribution < -0.4 is 5.56 Å². The van der Waals surface area contributed by atoms with Crippen LogP contribution in [0, 0.1) is 0 Å². The van der Waals surface area contributed by atoms with Gasteiger partial charge in [-0.25, -0.2) is 14.3 Å². The number of hydrogen-bond donors (Lipinski definition) is 0. The van der Waals surface area contributed by atoms with Crippen LogP contribution in [0.3, 0.4) is 0 Å². The molecule has 7 nitrogen and oxygen atoms in total. The minimum atomic E-state index is -0.635. The van der Waals surface area contributed by atoms with E-state index >= 15 is 0 Å². The minimum absolute atomic E-state index is 0.0351. The average molecular weight is 380 g/mol. The molecule has 0 radical (unpaired) electrons. The van der Waals surface area contributed by atoms with Crippen molar-refractivity contribution in [2.24, 2.45) is 0 Å². The predicted molar refractivity (Wildman–Crippen MR) is 103 cm³/mol. The highest BCUT2D eigenvalue weighted by Crippen LogP contribution is 2.16. The zero-order valence-corrected chi connectivity index (χ0v) is 15.7. The maximum Gasteiger partial charge on any atom is 0.359 e. The van der Waals surface area contributed by atoms with Gasteiger partial charge in [0.05, 0.1) is 18.1 Å². The lowest BCUT2D eigenvalue weighted by Gasteiger charge is -2.10. The van der Waals surface area contributed by atoms with Gasteiger partial charge in [0.15, 0.2) is 5.69 Å². The Kier molecular flexibility index (Phi) is 5.84. The minimum Gasteiger partial charge on any atom is -0.465 e.